The first-order valence-corrected chi connectivity index (χ1v) is 9.43. The molecule has 1 saturated heterocycles. The molecule has 0 bridgehead atoms. The van der Waals surface area contributed by atoms with Crippen LogP contribution in [0.1, 0.15) is 17.9 Å². The van der Waals surface area contributed by atoms with Crippen LogP contribution in [0.15, 0.2) is 48.5 Å². The van der Waals surface area contributed by atoms with Crippen molar-refractivity contribution in [2.24, 2.45) is 5.92 Å². The Bertz CT molecular complexity index is 696. The summed E-state index contributed by atoms with van der Waals surface area (Å²) >= 11 is 12.3. The first-order chi connectivity index (χ1) is 11.7. The monoisotopic (exact) mass is 360 g/mol. The third-order valence-corrected chi connectivity index (χ3v) is 5.80. The van der Waals surface area contributed by atoms with Crippen LogP contribution in [0, 0.1) is 5.92 Å². The van der Waals surface area contributed by atoms with Crippen LogP contribution in [-0.4, -0.2) is 37.6 Å². The van der Waals surface area contributed by atoms with Crippen molar-refractivity contribution in [3.63, 3.8) is 0 Å². The van der Waals surface area contributed by atoms with Crippen molar-refractivity contribution in [2.75, 3.05) is 37.6 Å². The molecule has 0 amide bonds. The van der Waals surface area contributed by atoms with Crippen molar-refractivity contribution in [2.45, 2.75) is 12.3 Å². The Labute approximate surface area is 154 Å². The van der Waals surface area contributed by atoms with E-state index in [4.69, 9.17) is 23.2 Å². The van der Waals surface area contributed by atoms with E-state index in [1.54, 1.807) is 0 Å². The van der Waals surface area contributed by atoms with E-state index in [9.17, 15) is 0 Å². The largest absolute Gasteiger partial charge is 0.368 e. The number of anilines is 1. The van der Waals surface area contributed by atoms with Crippen molar-refractivity contribution < 1.29 is 0 Å². The van der Waals surface area contributed by atoms with Gasteiger partial charge < -0.3 is 4.90 Å². The van der Waals surface area contributed by atoms with Gasteiger partial charge in [-0.2, -0.15) is 0 Å². The zero-order valence-corrected chi connectivity index (χ0v) is 15.2. The molecule has 2 aromatic rings. The van der Waals surface area contributed by atoms with Crippen LogP contribution < -0.4 is 4.90 Å². The normalized spacial score (nSPS) is 24.2. The smallest absolute Gasteiger partial charge is 0.0654 e. The van der Waals surface area contributed by atoms with Gasteiger partial charge in [-0.1, -0.05) is 53.5 Å². The summed E-state index contributed by atoms with van der Waals surface area (Å²) in [6.07, 6.45) is 1.34. The molecule has 1 saturated carbocycles. The van der Waals surface area contributed by atoms with Gasteiger partial charge in [0.1, 0.15) is 0 Å². The van der Waals surface area contributed by atoms with E-state index in [2.05, 4.69) is 40.1 Å². The van der Waals surface area contributed by atoms with Gasteiger partial charge in [-0.15, -0.1) is 0 Å². The highest BCUT2D eigenvalue weighted by Crippen LogP contribution is 2.47. The number of piperazine rings is 1. The molecule has 1 aliphatic heterocycles. The SMILES string of the molecule is Clc1ccc(N2CCN(C[C@@H]3C[C@H]3c3ccccc3)CC2)c(Cl)c1. The average Bonchev–Trinajstić information content (AvgIpc) is 3.36. The predicted octanol–water partition coefficient (Wildman–Crippen LogP) is 4.92. The summed E-state index contributed by atoms with van der Waals surface area (Å²) in [6.45, 7) is 5.50. The lowest BCUT2D eigenvalue weighted by molar-refractivity contribution is 0.246. The van der Waals surface area contributed by atoms with Gasteiger partial charge >= 0.3 is 0 Å². The molecule has 0 unspecified atom stereocenters. The van der Waals surface area contributed by atoms with E-state index in [-0.39, 0.29) is 0 Å². The highest BCUT2D eigenvalue weighted by molar-refractivity contribution is 6.36. The topological polar surface area (TPSA) is 6.48 Å². The molecule has 1 heterocycles. The summed E-state index contributed by atoms with van der Waals surface area (Å²) in [5, 5.41) is 1.45. The lowest BCUT2D eigenvalue weighted by Gasteiger charge is -2.36. The minimum Gasteiger partial charge on any atom is -0.368 e. The van der Waals surface area contributed by atoms with Crippen LogP contribution in [0.3, 0.4) is 0 Å². The summed E-state index contributed by atoms with van der Waals surface area (Å²) in [5.74, 6) is 1.60. The maximum atomic E-state index is 6.34. The second-order valence-corrected chi connectivity index (χ2v) is 7.74. The molecule has 1 aliphatic carbocycles. The lowest BCUT2D eigenvalue weighted by atomic mass is 10.1. The predicted molar refractivity (Wildman–Crippen MR) is 102 cm³/mol. The standard InChI is InChI=1S/C20H22Cl2N2/c21-17-6-7-20(19(22)13-17)24-10-8-23(9-11-24)14-16-12-18(16)15-4-2-1-3-5-15/h1-7,13,16,18H,8-12,14H2/t16-,18-/m0/s1. The van der Waals surface area contributed by atoms with Gasteiger partial charge in [-0.25, -0.2) is 0 Å². The number of hydrogen-bond donors (Lipinski definition) is 0. The molecule has 0 aromatic heterocycles. The van der Waals surface area contributed by atoms with Crippen molar-refractivity contribution in [3.8, 4) is 0 Å². The summed E-state index contributed by atoms with van der Waals surface area (Å²) < 4.78 is 0. The third kappa shape index (κ3) is 3.56. The molecular weight excluding hydrogens is 339 g/mol. The number of rotatable bonds is 4. The Kier molecular flexibility index (Phi) is 4.71. The summed E-state index contributed by atoms with van der Waals surface area (Å²) in [7, 11) is 0. The maximum absolute atomic E-state index is 6.34. The second-order valence-electron chi connectivity index (χ2n) is 6.90. The molecule has 2 aromatic carbocycles. The van der Waals surface area contributed by atoms with Gasteiger partial charge in [0, 0.05) is 37.7 Å². The fraction of sp³-hybridized carbons (Fsp3) is 0.400. The Morgan fingerprint density at radius 3 is 2.38 bits per heavy atom. The number of benzene rings is 2. The van der Waals surface area contributed by atoms with Crippen molar-refractivity contribution >= 4 is 28.9 Å². The Morgan fingerprint density at radius 2 is 1.67 bits per heavy atom. The fourth-order valence-corrected chi connectivity index (χ4v) is 4.33. The second kappa shape index (κ2) is 6.95. The summed E-state index contributed by atoms with van der Waals surface area (Å²) in [4.78, 5) is 4.98. The lowest BCUT2D eigenvalue weighted by Crippen LogP contribution is -2.47. The van der Waals surface area contributed by atoms with E-state index in [1.807, 2.05) is 18.2 Å². The van der Waals surface area contributed by atoms with Gasteiger partial charge in [0.25, 0.3) is 0 Å². The van der Waals surface area contributed by atoms with Gasteiger partial charge in [-0.05, 0) is 42.0 Å². The van der Waals surface area contributed by atoms with Crippen LogP contribution in [0.4, 0.5) is 5.69 Å². The van der Waals surface area contributed by atoms with E-state index >= 15 is 0 Å². The summed E-state index contributed by atoms with van der Waals surface area (Å²) in [5.41, 5.74) is 2.61. The zero-order valence-electron chi connectivity index (χ0n) is 13.7. The molecule has 2 aliphatic rings. The molecule has 0 radical (unpaired) electrons. The fourth-order valence-electron chi connectivity index (χ4n) is 3.80. The van der Waals surface area contributed by atoms with Crippen molar-refractivity contribution in [1.29, 1.82) is 0 Å². The van der Waals surface area contributed by atoms with E-state index in [0.717, 1.165) is 48.7 Å². The molecule has 126 valence electrons. The van der Waals surface area contributed by atoms with Crippen molar-refractivity contribution in [1.82, 2.24) is 4.90 Å². The molecule has 2 atom stereocenters. The van der Waals surface area contributed by atoms with Crippen molar-refractivity contribution in [3.05, 3.63) is 64.1 Å². The molecule has 4 rings (SSSR count). The molecule has 0 spiro atoms. The molecular formula is C20H22Cl2N2. The number of halogens is 2. The highest BCUT2D eigenvalue weighted by Gasteiger charge is 2.39. The molecule has 24 heavy (non-hydrogen) atoms. The van der Waals surface area contributed by atoms with E-state index < -0.39 is 0 Å². The molecule has 2 nitrogen and oxygen atoms in total. The maximum Gasteiger partial charge on any atom is 0.0654 e. The minimum atomic E-state index is 0.697. The quantitative estimate of drug-likeness (QED) is 0.763. The van der Waals surface area contributed by atoms with Crippen LogP contribution in [0.5, 0.6) is 0 Å². The Balaban J connectivity index is 1.29. The van der Waals surface area contributed by atoms with E-state index in [1.165, 1.54) is 18.5 Å². The minimum absolute atomic E-state index is 0.697. The Hall–Kier alpha value is -1.22. The van der Waals surface area contributed by atoms with Crippen LogP contribution in [-0.2, 0) is 0 Å². The molecule has 0 N–H and O–H groups in total. The van der Waals surface area contributed by atoms with Gasteiger partial charge in [0.2, 0.25) is 0 Å². The van der Waals surface area contributed by atoms with Crippen LogP contribution >= 0.6 is 23.2 Å². The van der Waals surface area contributed by atoms with Gasteiger partial charge in [0.15, 0.2) is 0 Å². The average molecular weight is 361 g/mol. The molecule has 4 heteroatoms. The third-order valence-electron chi connectivity index (χ3n) is 5.27. The number of nitrogens with zero attached hydrogens (tertiary/aromatic N) is 2. The Morgan fingerprint density at radius 1 is 0.917 bits per heavy atom. The summed E-state index contributed by atoms with van der Waals surface area (Å²) in [6, 6.07) is 16.7. The first-order valence-electron chi connectivity index (χ1n) is 8.68. The highest BCUT2D eigenvalue weighted by atomic mass is 35.5. The zero-order chi connectivity index (χ0) is 16.5. The van der Waals surface area contributed by atoms with Gasteiger partial charge in [0.05, 0.1) is 10.7 Å². The van der Waals surface area contributed by atoms with Crippen LogP contribution in [0.25, 0.3) is 0 Å². The van der Waals surface area contributed by atoms with Gasteiger partial charge in [-0.3, -0.25) is 4.90 Å². The molecule has 2 fully saturated rings. The van der Waals surface area contributed by atoms with Crippen LogP contribution in [0.2, 0.25) is 10.0 Å². The first kappa shape index (κ1) is 16.3. The number of hydrogen-bond acceptors (Lipinski definition) is 2. The van der Waals surface area contributed by atoms with E-state index in [0.29, 0.717) is 5.02 Å².